The zero-order valence-corrected chi connectivity index (χ0v) is 9.52. The predicted molar refractivity (Wildman–Crippen MR) is 59.9 cm³/mol. The first-order valence-corrected chi connectivity index (χ1v) is 5.18. The third kappa shape index (κ3) is 2.68. The van der Waals surface area contributed by atoms with Crippen molar-refractivity contribution < 1.29 is 9.90 Å². The number of benzene rings is 1. The number of phenols is 1. The van der Waals surface area contributed by atoms with E-state index in [0.717, 1.165) is 5.01 Å². The van der Waals surface area contributed by atoms with E-state index in [1.54, 1.807) is 18.2 Å². The fraction of sp³-hybridized carbons (Fsp3) is 0.222. The fourth-order valence-electron chi connectivity index (χ4n) is 1.07. The van der Waals surface area contributed by atoms with Crippen LogP contribution in [0.4, 0.5) is 0 Å². The highest BCUT2D eigenvalue weighted by Crippen LogP contribution is 2.31. The first-order chi connectivity index (χ1) is 7.07. The molecule has 0 aliphatic heterocycles. The molecule has 1 amide bonds. The molecule has 1 aromatic carbocycles. The van der Waals surface area contributed by atoms with Gasteiger partial charge in [0.2, 0.25) is 0 Å². The number of halogens is 1. The molecular formula is C9H12BrN3O2. The molecule has 0 heterocycles. The number of aromatic hydroxyl groups is 1. The standard InChI is InChI=1S/C9H12BrN3O2/c10-9(13(12)8(15)5-11)6-3-1-2-4-7(6)14/h1-4,9,14H,5,11-12H2. The van der Waals surface area contributed by atoms with Gasteiger partial charge in [-0.1, -0.05) is 34.1 Å². The number of carbonyl (C=O) groups excluding carboxylic acids is 1. The van der Waals surface area contributed by atoms with Gasteiger partial charge in [0.1, 0.15) is 10.7 Å². The number of nitrogens with two attached hydrogens (primary N) is 2. The minimum absolute atomic E-state index is 0.0691. The number of alkyl halides is 1. The Kier molecular flexibility index (Phi) is 4.07. The Morgan fingerprint density at radius 2 is 2.13 bits per heavy atom. The molecule has 0 saturated heterocycles. The van der Waals surface area contributed by atoms with E-state index in [-0.39, 0.29) is 12.3 Å². The minimum atomic E-state index is -0.588. The van der Waals surface area contributed by atoms with Crippen molar-refractivity contribution in [3.63, 3.8) is 0 Å². The van der Waals surface area contributed by atoms with Crippen molar-refractivity contribution >= 4 is 21.8 Å². The Hall–Kier alpha value is -1.11. The number of carbonyl (C=O) groups is 1. The maximum atomic E-state index is 11.2. The molecule has 15 heavy (non-hydrogen) atoms. The third-order valence-electron chi connectivity index (χ3n) is 1.90. The number of phenolic OH excluding ortho intramolecular Hbond substituents is 1. The molecule has 1 atom stereocenters. The molecule has 6 heteroatoms. The summed E-state index contributed by atoms with van der Waals surface area (Å²) in [6.07, 6.45) is 0. The van der Waals surface area contributed by atoms with E-state index in [9.17, 15) is 9.90 Å². The molecule has 0 aromatic heterocycles. The van der Waals surface area contributed by atoms with Crippen molar-refractivity contribution in [3.05, 3.63) is 29.8 Å². The maximum absolute atomic E-state index is 11.2. The molecule has 1 unspecified atom stereocenters. The molecule has 0 spiro atoms. The Morgan fingerprint density at radius 3 is 2.67 bits per heavy atom. The lowest BCUT2D eigenvalue weighted by molar-refractivity contribution is -0.130. The number of hydrogen-bond acceptors (Lipinski definition) is 4. The Balaban J connectivity index is 2.89. The zero-order chi connectivity index (χ0) is 11.4. The summed E-state index contributed by atoms with van der Waals surface area (Å²) in [5, 5.41) is 10.5. The van der Waals surface area contributed by atoms with Crippen molar-refractivity contribution in [2.24, 2.45) is 11.6 Å². The predicted octanol–water partition coefficient (Wildman–Crippen LogP) is 0.447. The molecule has 5 N–H and O–H groups in total. The van der Waals surface area contributed by atoms with Gasteiger partial charge in [-0.25, -0.2) is 5.84 Å². The SMILES string of the molecule is NCC(=O)N(N)C(Br)c1ccccc1O. The van der Waals surface area contributed by atoms with Gasteiger partial charge in [-0.15, -0.1) is 0 Å². The fourth-order valence-corrected chi connectivity index (χ4v) is 1.69. The van der Waals surface area contributed by atoms with Gasteiger partial charge in [0.05, 0.1) is 6.54 Å². The van der Waals surface area contributed by atoms with Crippen LogP contribution < -0.4 is 11.6 Å². The van der Waals surface area contributed by atoms with Crippen LogP contribution in [0.2, 0.25) is 0 Å². The summed E-state index contributed by atoms with van der Waals surface area (Å²) in [6, 6.07) is 6.61. The van der Waals surface area contributed by atoms with Gasteiger partial charge in [0.15, 0.2) is 0 Å². The summed E-state index contributed by atoms with van der Waals surface area (Å²) >= 11 is 3.21. The van der Waals surface area contributed by atoms with Gasteiger partial charge in [-0.05, 0) is 6.07 Å². The quantitative estimate of drug-likeness (QED) is 0.245. The lowest BCUT2D eigenvalue weighted by Crippen LogP contribution is -2.42. The third-order valence-corrected chi connectivity index (χ3v) is 2.83. The Bertz CT molecular complexity index is 359. The number of rotatable bonds is 3. The molecule has 1 rings (SSSR count). The summed E-state index contributed by atoms with van der Waals surface area (Å²) in [4.78, 5) is 10.6. The van der Waals surface area contributed by atoms with Crippen LogP contribution in [0.15, 0.2) is 24.3 Å². The first-order valence-electron chi connectivity index (χ1n) is 4.26. The van der Waals surface area contributed by atoms with Crippen LogP contribution in [0.3, 0.4) is 0 Å². The summed E-state index contributed by atoms with van der Waals surface area (Å²) < 4.78 is 0. The van der Waals surface area contributed by atoms with E-state index in [4.69, 9.17) is 11.6 Å². The van der Waals surface area contributed by atoms with Gasteiger partial charge < -0.3 is 10.8 Å². The summed E-state index contributed by atoms with van der Waals surface area (Å²) in [5.74, 6) is 5.17. The van der Waals surface area contributed by atoms with E-state index in [0.29, 0.717) is 5.56 Å². The Labute approximate surface area is 95.8 Å². The highest BCUT2D eigenvalue weighted by atomic mass is 79.9. The average molecular weight is 274 g/mol. The highest BCUT2D eigenvalue weighted by molar-refractivity contribution is 9.09. The number of hydrazine groups is 1. The normalized spacial score (nSPS) is 12.2. The topological polar surface area (TPSA) is 92.6 Å². The average Bonchev–Trinajstić information content (AvgIpc) is 2.26. The second kappa shape index (κ2) is 5.11. The van der Waals surface area contributed by atoms with E-state index in [1.165, 1.54) is 6.07 Å². The van der Waals surface area contributed by atoms with E-state index >= 15 is 0 Å². The van der Waals surface area contributed by atoms with Crippen LogP contribution in [-0.2, 0) is 4.79 Å². The highest BCUT2D eigenvalue weighted by Gasteiger charge is 2.20. The Morgan fingerprint density at radius 1 is 1.53 bits per heavy atom. The second-order valence-electron chi connectivity index (χ2n) is 2.90. The molecule has 0 aliphatic carbocycles. The van der Waals surface area contributed by atoms with Crippen molar-refractivity contribution in [2.75, 3.05) is 6.54 Å². The van der Waals surface area contributed by atoms with Crippen LogP contribution in [-0.4, -0.2) is 22.6 Å². The molecule has 0 bridgehead atoms. The minimum Gasteiger partial charge on any atom is -0.508 e. The van der Waals surface area contributed by atoms with E-state index < -0.39 is 10.9 Å². The van der Waals surface area contributed by atoms with Crippen LogP contribution in [0.25, 0.3) is 0 Å². The molecule has 0 saturated carbocycles. The molecule has 5 nitrogen and oxygen atoms in total. The smallest absolute Gasteiger partial charge is 0.251 e. The van der Waals surface area contributed by atoms with Crippen LogP contribution >= 0.6 is 15.9 Å². The summed E-state index contributed by atoms with van der Waals surface area (Å²) in [5.41, 5.74) is 5.69. The van der Waals surface area contributed by atoms with E-state index in [1.807, 2.05) is 0 Å². The molecule has 1 aromatic rings. The van der Waals surface area contributed by atoms with E-state index in [2.05, 4.69) is 15.9 Å². The lowest BCUT2D eigenvalue weighted by Gasteiger charge is -2.22. The molecule has 82 valence electrons. The number of amides is 1. The molecular weight excluding hydrogens is 262 g/mol. The number of nitrogens with zero attached hydrogens (tertiary/aromatic N) is 1. The van der Waals surface area contributed by atoms with Crippen molar-refractivity contribution in [3.8, 4) is 5.75 Å². The maximum Gasteiger partial charge on any atom is 0.251 e. The molecule has 0 aliphatic rings. The van der Waals surface area contributed by atoms with Gasteiger partial charge in [0, 0.05) is 5.56 Å². The van der Waals surface area contributed by atoms with Crippen molar-refractivity contribution in [1.29, 1.82) is 0 Å². The monoisotopic (exact) mass is 273 g/mol. The summed E-state index contributed by atoms with van der Waals surface area (Å²) in [7, 11) is 0. The first kappa shape index (κ1) is 12.0. The number of para-hydroxylation sites is 1. The van der Waals surface area contributed by atoms with Crippen LogP contribution in [0, 0.1) is 0 Å². The van der Waals surface area contributed by atoms with Crippen LogP contribution in [0.5, 0.6) is 5.75 Å². The zero-order valence-electron chi connectivity index (χ0n) is 7.93. The molecule has 0 radical (unpaired) electrons. The van der Waals surface area contributed by atoms with Crippen LogP contribution in [0.1, 0.15) is 10.5 Å². The van der Waals surface area contributed by atoms with Crippen molar-refractivity contribution in [2.45, 2.75) is 4.95 Å². The largest absolute Gasteiger partial charge is 0.508 e. The van der Waals surface area contributed by atoms with Gasteiger partial charge in [-0.2, -0.15) is 0 Å². The summed E-state index contributed by atoms with van der Waals surface area (Å²) in [6.45, 7) is -0.174. The number of hydrogen-bond donors (Lipinski definition) is 3. The molecule has 0 fully saturated rings. The van der Waals surface area contributed by atoms with Crippen molar-refractivity contribution in [1.82, 2.24) is 5.01 Å². The van der Waals surface area contributed by atoms with Gasteiger partial charge in [-0.3, -0.25) is 9.80 Å². The second-order valence-corrected chi connectivity index (χ2v) is 3.77. The van der Waals surface area contributed by atoms with Gasteiger partial charge in [0.25, 0.3) is 5.91 Å². The van der Waals surface area contributed by atoms with Gasteiger partial charge >= 0.3 is 0 Å². The lowest BCUT2D eigenvalue weighted by atomic mass is 10.2.